The zero-order valence-electron chi connectivity index (χ0n) is 31.0. The molecule has 11 nitrogen and oxygen atoms in total. The van der Waals surface area contributed by atoms with E-state index in [-0.39, 0.29) is 30.7 Å². The summed E-state index contributed by atoms with van der Waals surface area (Å²) < 4.78 is 0. The van der Waals surface area contributed by atoms with Crippen LogP contribution >= 0.6 is 11.6 Å². The second kappa shape index (κ2) is 15.2. The lowest BCUT2D eigenvalue weighted by atomic mass is 9.78. The van der Waals surface area contributed by atoms with Gasteiger partial charge < -0.3 is 10.2 Å². The number of hydrogen-bond donors (Lipinski definition) is 2. The molecule has 12 heteroatoms. The maximum absolute atomic E-state index is 13.3. The molecule has 284 valence electrons. The summed E-state index contributed by atoms with van der Waals surface area (Å²) in [5.74, 6) is -0.897. The summed E-state index contributed by atoms with van der Waals surface area (Å²) in [5, 5.41) is 15.2. The van der Waals surface area contributed by atoms with Crippen LogP contribution in [0, 0.1) is 17.2 Å². The van der Waals surface area contributed by atoms with E-state index in [4.69, 9.17) is 11.6 Å². The number of anilines is 1. The van der Waals surface area contributed by atoms with Gasteiger partial charge in [-0.2, -0.15) is 5.26 Å². The van der Waals surface area contributed by atoms with Crippen LogP contribution in [0.4, 0.5) is 5.69 Å². The van der Waals surface area contributed by atoms with Crippen molar-refractivity contribution >= 4 is 46.8 Å². The predicted octanol–water partition coefficient (Wildman–Crippen LogP) is 6.08. The summed E-state index contributed by atoms with van der Waals surface area (Å²) >= 11 is 6.27. The average molecular weight is 761 g/mol. The lowest BCUT2D eigenvalue weighted by Crippen LogP contribution is -2.54. The van der Waals surface area contributed by atoms with Crippen LogP contribution in [-0.2, 0) is 22.7 Å². The molecule has 3 aromatic carbocycles. The largest absolute Gasteiger partial charge is 0.372 e. The van der Waals surface area contributed by atoms with Crippen molar-refractivity contribution in [3.8, 4) is 6.07 Å². The smallest absolute Gasteiger partial charge is 0.262 e. The van der Waals surface area contributed by atoms with Gasteiger partial charge in [-0.15, -0.1) is 0 Å². The minimum Gasteiger partial charge on any atom is -0.372 e. The Morgan fingerprint density at radius 2 is 1.53 bits per heavy atom. The number of nitriles is 1. The number of fused-ring (bicyclic) bond motifs is 2. The van der Waals surface area contributed by atoms with E-state index >= 15 is 0 Å². The van der Waals surface area contributed by atoms with Crippen molar-refractivity contribution in [1.82, 2.24) is 20.4 Å². The Morgan fingerprint density at radius 1 is 0.873 bits per heavy atom. The molecule has 1 saturated heterocycles. The number of imide groups is 2. The van der Waals surface area contributed by atoms with Crippen LogP contribution < -0.4 is 15.5 Å². The lowest BCUT2D eigenvalue weighted by molar-refractivity contribution is -0.136. The number of amides is 5. The molecule has 0 unspecified atom stereocenters. The number of hydrogen-bond acceptors (Lipinski definition) is 8. The molecule has 0 aromatic heterocycles. The molecule has 0 spiro atoms. The third-order valence-electron chi connectivity index (χ3n) is 12.6. The fraction of sp³-hybridized carbons (Fsp3) is 0.442. The maximum Gasteiger partial charge on any atom is 0.262 e. The SMILES string of the molecule is CN(c1ccc(C#N)c(Cl)c1)C1CCC(NC(=O)c2ccc(C3CCC(CN4Cc5cc6c(cc5C4)C(=O)N([C@H]4CCC(=O)NC4=O)C6=O)CC3)cc2)CC1. The Morgan fingerprint density at radius 3 is 2.13 bits per heavy atom. The van der Waals surface area contributed by atoms with E-state index in [1.807, 2.05) is 36.4 Å². The van der Waals surface area contributed by atoms with Crippen LogP contribution in [-0.4, -0.2) is 71.1 Å². The molecule has 3 aliphatic heterocycles. The Bertz CT molecular complexity index is 2050. The third kappa shape index (κ3) is 7.38. The molecule has 5 amide bonds. The van der Waals surface area contributed by atoms with Crippen LogP contribution in [0.15, 0.2) is 54.6 Å². The van der Waals surface area contributed by atoms with Gasteiger partial charge in [0.1, 0.15) is 12.1 Å². The van der Waals surface area contributed by atoms with Gasteiger partial charge in [-0.3, -0.25) is 39.1 Å². The van der Waals surface area contributed by atoms with Crippen molar-refractivity contribution in [2.24, 2.45) is 5.92 Å². The van der Waals surface area contributed by atoms with Crippen molar-refractivity contribution in [1.29, 1.82) is 5.26 Å². The molecule has 3 heterocycles. The van der Waals surface area contributed by atoms with E-state index < -0.39 is 23.8 Å². The summed E-state index contributed by atoms with van der Waals surface area (Å²) in [6, 6.07) is 19.0. The van der Waals surface area contributed by atoms with Crippen molar-refractivity contribution in [3.63, 3.8) is 0 Å². The lowest BCUT2D eigenvalue weighted by Gasteiger charge is -2.36. The fourth-order valence-electron chi connectivity index (χ4n) is 9.42. The van der Waals surface area contributed by atoms with E-state index in [2.05, 4.69) is 45.7 Å². The summed E-state index contributed by atoms with van der Waals surface area (Å²) in [7, 11) is 2.06. The molecule has 55 heavy (non-hydrogen) atoms. The van der Waals surface area contributed by atoms with Gasteiger partial charge in [-0.1, -0.05) is 23.7 Å². The normalized spacial score (nSPS) is 25.3. The zero-order chi connectivity index (χ0) is 38.4. The molecule has 0 radical (unpaired) electrons. The number of carbonyl (C=O) groups is 5. The van der Waals surface area contributed by atoms with Gasteiger partial charge in [-0.25, -0.2) is 0 Å². The first-order chi connectivity index (χ1) is 26.6. The molecule has 2 saturated carbocycles. The average Bonchev–Trinajstić information content (AvgIpc) is 3.69. The quantitative estimate of drug-likeness (QED) is 0.263. The van der Waals surface area contributed by atoms with Gasteiger partial charge in [0.15, 0.2) is 0 Å². The number of nitrogens with one attached hydrogen (secondary N) is 2. The predicted molar refractivity (Wildman–Crippen MR) is 206 cm³/mol. The number of nitrogens with zero attached hydrogens (tertiary/aromatic N) is 4. The monoisotopic (exact) mass is 760 g/mol. The van der Waals surface area contributed by atoms with Crippen LogP contribution in [0.3, 0.4) is 0 Å². The van der Waals surface area contributed by atoms with Crippen molar-refractivity contribution in [2.75, 3.05) is 18.5 Å². The Balaban J connectivity index is 0.784. The molecular weight excluding hydrogens is 716 g/mol. The number of benzene rings is 3. The van der Waals surface area contributed by atoms with Crippen LogP contribution in [0.2, 0.25) is 5.02 Å². The van der Waals surface area contributed by atoms with Crippen molar-refractivity contribution < 1.29 is 24.0 Å². The Labute approximate surface area is 326 Å². The van der Waals surface area contributed by atoms with Gasteiger partial charge in [0, 0.05) is 56.4 Å². The molecule has 1 atom stereocenters. The Kier molecular flexibility index (Phi) is 10.2. The van der Waals surface area contributed by atoms with Gasteiger partial charge in [0.25, 0.3) is 17.7 Å². The summed E-state index contributed by atoms with van der Waals surface area (Å²) in [6.07, 6.45) is 8.40. The summed E-state index contributed by atoms with van der Waals surface area (Å²) in [6.45, 7) is 2.40. The van der Waals surface area contributed by atoms with Crippen LogP contribution in [0.25, 0.3) is 0 Å². The van der Waals surface area contributed by atoms with Gasteiger partial charge >= 0.3 is 0 Å². The minimum atomic E-state index is -0.956. The number of halogens is 1. The van der Waals surface area contributed by atoms with Crippen LogP contribution in [0.1, 0.15) is 123 Å². The third-order valence-corrected chi connectivity index (χ3v) is 12.9. The standard InChI is InChI=1S/C43H45ClN6O5/c1-48(34-13-10-29(21-45)37(44)20-34)33-14-11-32(12-15-33)46-40(52)28-8-6-27(7-9-28)26-4-2-25(3-5-26)22-49-23-30-18-35-36(19-31(30)24-49)43(55)50(42(35)54)38-16-17-39(51)47-41(38)53/h6-10,13,18-20,25-26,32-33,38H,2-5,11-12,14-17,22-24H2,1H3,(H,46,52)(H,47,51,53)/t25?,26?,32?,33?,38-/m0/s1. The van der Waals surface area contributed by atoms with Gasteiger partial charge in [-0.05, 0) is 129 Å². The molecule has 3 fully saturated rings. The van der Waals surface area contributed by atoms with Crippen molar-refractivity contribution in [3.05, 3.63) is 98.6 Å². The molecule has 3 aromatic rings. The van der Waals surface area contributed by atoms with E-state index in [0.717, 1.165) is 92.7 Å². The van der Waals surface area contributed by atoms with E-state index in [1.54, 1.807) is 6.07 Å². The molecular formula is C43H45ClN6O5. The fourth-order valence-corrected chi connectivity index (χ4v) is 9.64. The highest BCUT2D eigenvalue weighted by atomic mass is 35.5. The van der Waals surface area contributed by atoms with E-state index in [0.29, 0.717) is 45.2 Å². The first-order valence-corrected chi connectivity index (χ1v) is 19.9. The number of carbonyl (C=O) groups excluding carboxylic acids is 5. The maximum atomic E-state index is 13.3. The second-order valence-corrected chi connectivity index (χ2v) is 16.4. The zero-order valence-corrected chi connectivity index (χ0v) is 31.7. The van der Waals surface area contributed by atoms with Gasteiger partial charge in [0.2, 0.25) is 11.8 Å². The molecule has 2 N–H and O–H groups in total. The summed E-state index contributed by atoms with van der Waals surface area (Å²) in [5.41, 5.74) is 6.23. The summed E-state index contributed by atoms with van der Waals surface area (Å²) in [4.78, 5) is 69.5. The van der Waals surface area contributed by atoms with E-state index in [9.17, 15) is 29.2 Å². The number of piperidine rings is 1. The minimum absolute atomic E-state index is 0.0249. The molecule has 5 aliphatic rings. The molecule has 2 aliphatic carbocycles. The van der Waals surface area contributed by atoms with E-state index in [1.165, 1.54) is 5.56 Å². The first kappa shape index (κ1) is 36.9. The molecule has 0 bridgehead atoms. The Hall–Kier alpha value is -5.05. The van der Waals surface area contributed by atoms with Crippen LogP contribution in [0.5, 0.6) is 0 Å². The van der Waals surface area contributed by atoms with Crippen molar-refractivity contribution in [2.45, 2.75) is 101 Å². The second-order valence-electron chi connectivity index (χ2n) is 16.0. The number of rotatable bonds is 8. The first-order valence-electron chi connectivity index (χ1n) is 19.5. The highest BCUT2D eigenvalue weighted by Crippen LogP contribution is 2.39. The topological polar surface area (TPSA) is 143 Å². The molecule has 8 rings (SSSR count). The highest BCUT2D eigenvalue weighted by Gasteiger charge is 2.45. The highest BCUT2D eigenvalue weighted by molar-refractivity contribution is 6.32. The van der Waals surface area contributed by atoms with Gasteiger partial charge in [0.05, 0.1) is 21.7 Å².